The van der Waals surface area contributed by atoms with Gasteiger partial charge < -0.3 is 9.13 Å². The zero-order valence-electron chi connectivity index (χ0n) is 25.9. The second-order valence-corrected chi connectivity index (χ2v) is 12.4. The summed E-state index contributed by atoms with van der Waals surface area (Å²) < 4.78 is 4.81. The molecule has 2 heterocycles. The van der Waals surface area contributed by atoms with E-state index in [-0.39, 0.29) is 0 Å². The van der Waals surface area contributed by atoms with Crippen LogP contribution in [-0.2, 0) is 0 Å². The average Bonchev–Trinajstić information content (AvgIpc) is 3.68. The van der Waals surface area contributed by atoms with Crippen molar-refractivity contribution in [1.82, 2.24) is 9.13 Å². The quantitative estimate of drug-likeness (QED) is 0.183. The molecular formula is C45H27N3. The summed E-state index contributed by atoms with van der Waals surface area (Å²) in [4.78, 5) is 0. The summed E-state index contributed by atoms with van der Waals surface area (Å²) >= 11 is 0. The first kappa shape index (κ1) is 26.6. The molecule has 0 aliphatic rings. The Kier molecular flexibility index (Phi) is 5.64. The van der Waals surface area contributed by atoms with Crippen molar-refractivity contribution in [1.29, 1.82) is 5.26 Å². The van der Waals surface area contributed by atoms with E-state index in [0.717, 1.165) is 44.0 Å². The molecule has 8 aromatic carbocycles. The molecule has 48 heavy (non-hydrogen) atoms. The van der Waals surface area contributed by atoms with Gasteiger partial charge >= 0.3 is 0 Å². The number of fused-ring (bicyclic) bond motifs is 9. The van der Waals surface area contributed by atoms with Gasteiger partial charge in [0, 0.05) is 43.9 Å². The van der Waals surface area contributed by atoms with Crippen LogP contribution in [0.1, 0.15) is 5.56 Å². The highest BCUT2D eigenvalue weighted by Crippen LogP contribution is 2.44. The standard InChI is InChI=1S/C45H27N3/c46-28-30-26-29-24-25-32(27-40(29)34-15-5-4-14-33(30)34)47-42-22-9-7-17-39(42)44-36(18-11-23-43(44)47)38-20-10-19-37-35-16-6-8-21-41(35)48(45(37)38)31-12-2-1-3-13-31/h1-27H. The van der Waals surface area contributed by atoms with E-state index in [4.69, 9.17) is 0 Å². The zero-order chi connectivity index (χ0) is 31.8. The minimum Gasteiger partial charge on any atom is -0.309 e. The van der Waals surface area contributed by atoms with Crippen LogP contribution in [0.3, 0.4) is 0 Å². The van der Waals surface area contributed by atoms with Gasteiger partial charge in [0.05, 0.1) is 33.7 Å². The van der Waals surface area contributed by atoms with Crippen LogP contribution in [0.4, 0.5) is 0 Å². The first-order valence-corrected chi connectivity index (χ1v) is 16.3. The van der Waals surface area contributed by atoms with Crippen molar-refractivity contribution in [3.63, 3.8) is 0 Å². The van der Waals surface area contributed by atoms with E-state index in [9.17, 15) is 5.26 Å². The molecule has 0 fully saturated rings. The van der Waals surface area contributed by atoms with Gasteiger partial charge in [-0.05, 0) is 70.3 Å². The predicted octanol–water partition coefficient (Wildman–Crippen LogP) is 11.7. The lowest BCUT2D eigenvalue weighted by molar-refractivity contribution is 1.18. The number of benzene rings is 8. The smallest absolute Gasteiger partial charge is 0.0998 e. The molecule has 0 bridgehead atoms. The van der Waals surface area contributed by atoms with Crippen molar-refractivity contribution in [2.24, 2.45) is 0 Å². The first-order valence-electron chi connectivity index (χ1n) is 16.3. The van der Waals surface area contributed by atoms with Crippen molar-refractivity contribution in [2.75, 3.05) is 0 Å². The normalized spacial score (nSPS) is 11.7. The second kappa shape index (κ2) is 10.2. The summed E-state index contributed by atoms with van der Waals surface area (Å²) in [5, 5.41) is 19.1. The molecule has 3 heteroatoms. The van der Waals surface area contributed by atoms with Crippen LogP contribution in [-0.4, -0.2) is 9.13 Å². The fourth-order valence-electron chi connectivity index (χ4n) is 7.92. The van der Waals surface area contributed by atoms with Crippen molar-refractivity contribution in [3.05, 3.63) is 169 Å². The number of hydrogen-bond donors (Lipinski definition) is 0. The summed E-state index contributed by atoms with van der Waals surface area (Å²) in [7, 11) is 0. The van der Waals surface area contributed by atoms with Crippen molar-refractivity contribution in [2.45, 2.75) is 0 Å². The van der Waals surface area contributed by atoms with Crippen LogP contribution in [0, 0.1) is 11.3 Å². The van der Waals surface area contributed by atoms with E-state index >= 15 is 0 Å². The number of para-hydroxylation sites is 4. The molecule has 0 atom stereocenters. The first-order chi connectivity index (χ1) is 23.8. The van der Waals surface area contributed by atoms with E-state index in [1.54, 1.807) is 0 Å². The van der Waals surface area contributed by atoms with Gasteiger partial charge in [0.15, 0.2) is 0 Å². The highest BCUT2D eigenvalue weighted by Gasteiger charge is 2.21. The van der Waals surface area contributed by atoms with Crippen molar-refractivity contribution < 1.29 is 0 Å². The third-order valence-corrected chi connectivity index (χ3v) is 9.92. The van der Waals surface area contributed by atoms with Gasteiger partial charge in [0.25, 0.3) is 0 Å². The van der Waals surface area contributed by atoms with Gasteiger partial charge in [0.2, 0.25) is 0 Å². The van der Waals surface area contributed by atoms with Crippen LogP contribution >= 0.6 is 0 Å². The lowest BCUT2D eigenvalue weighted by atomic mass is 9.97. The number of nitrogens with zero attached hydrogens (tertiary/aromatic N) is 3. The summed E-state index contributed by atoms with van der Waals surface area (Å²) in [6, 6.07) is 60.8. The number of rotatable bonds is 3. The largest absolute Gasteiger partial charge is 0.309 e. The van der Waals surface area contributed by atoms with Crippen LogP contribution in [0.2, 0.25) is 0 Å². The van der Waals surface area contributed by atoms with Gasteiger partial charge in [-0.3, -0.25) is 0 Å². The Balaban J connectivity index is 1.31. The molecule has 222 valence electrons. The topological polar surface area (TPSA) is 33.6 Å². The Morgan fingerprint density at radius 1 is 0.396 bits per heavy atom. The van der Waals surface area contributed by atoms with Gasteiger partial charge in [0.1, 0.15) is 0 Å². The van der Waals surface area contributed by atoms with Crippen LogP contribution in [0.15, 0.2) is 164 Å². The summed E-state index contributed by atoms with van der Waals surface area (Å²) in [5.41, 5.74) is 10.1. The molecule has 0 amide bonds. The second-order valence-electron chi connectivity index (χ2n) is 12.4. The molecular weight excluding hydrogens is 583 g/mol. The van der Waals surface area contributed by atoms with E-state index < -0.39 is 0 Å². The fraction of sp³-hybridized carbons (Fsp3) is 0. The van der Waals surface area contributed by atoms with E-state index in [1.165, 1.54) is 43.7 Å². The van der Waals surface area contributed by atoms with Crippen molar-refractivity contribution in [3.8, 4) is 28.6 Å². The molecule has 2 aromatic heterocycles. The third kappa shape index (κ3) is 3.69. The lowest BCUT2D eigenvalue weighted by Gasteiger charge is -2.13. The molecule has 3 nitrogen and oxygen atoms in total. The molecule has 0 saturated carbocycles. The molecule has 0 aliphatic heterocycles. The zero-order valence-corrected chi connectivity index (χ0v) is 25.9. The maximum atomic E-state index is 9.89. The molecule has 0 spiro atoms. The maximum absolute atomic E-state index is 9.89. The molecule has 0 unspecified atom stereocenters. The highest BCUT2D eigenvalue weighted by molar-refractivity contribution is 6.21. The molecule has 0 radical (unpaired) electrons. The Labute approximate surface area is 276 Å². The third-order valence-electron chi connectivity index (χ3n) is 9.92. The monoisotopic (exact) mass is 609 g/mol. The Hall–Kier alpha value is -6.63. The number of aromatic nitrogens is 2. The van der Waals surface area contributed by atoms with E-state index in [1.807, 2.05) is 18.2 Å². The Bertz CT molecular complexity index is 2950. The van der Waals surface area contributed by atoms with E-state index in [0.29, 0.717) is 5.56 Å². The summed E-state index contributed by atoms with van der Waals surface area (Å²) in [6.45, 7) is 0. The average molecular weight is 610 g/mol. The summed E-state index contributed by atoms with van der Waals surface area (Å²) in [5.74, 6) is 0. The minimum absolute atomic E-state index is 0.703. The van der Waals surface area contributed by atoms with Crippen LogP contribution in [0.5, 0.6) is 0 Å². The van der Waals surface area contributed by atoms with Gasteiger partial charge in [-0.2, -0.15) is 5.26 Å². The van der Waals surface area contributed by atoms with Crippen LogP contribution in [0.25, 0.3) is 87.7 Å². The van der Waals surface area contributed by atoms with E-state index in [2.05, 4.69) is 161 Å². The molecule has 0 N–H and O–H groups in total. The van der Waals surface area contributed by atoms with Gasteiger partial charge in [-0.15, -0.1) is 0 Å². The Morgan fingerprint density at radius 2 is 1.02 bits per heavy atom. The molecule has 10 rings (SSSR count). The molecule has 0 saturated heterocycles. The van der Waals surface area contributed by atoms with Gasteiger partial charge in [-0.1, -0.05) is 115 Å². The van der Waals surface area contributed by atoms with Crippen LogP contribution < -0.4 is 0 Å². The Morgan fingerprint density at radius 3 is 1.83 bits per heavy atom. The predicted molar refractivity (Wildman–Crippen MR) is 200 cm³/mol. The molecule has 0 aliphatic carbocycles. The minimum atomic E-state index is 0.703. The van der Waals surface area contributed by atoms with Gasteiger partial charge in [-0.25, -0.2) is 0 Å². The van der Waals surface area contributed by atoms with Crippen molar-refractivity contribution >= 4 is 65.2 Å². The summed E-state index contributed by atoms with van der Waals surface area (Å²) in [6.07, 6.45) is 0. The number of nitriles is 1. The maximum Gasteiger partial charge on any atom is 0.0998 e. The molecule has 10 aromatic rings. The number of hydrogen-bond acceptors (Lipinski definition) is 1. The fourth-order valence-corrected chi connectivity index (χ4v) is 7.92. The lowest BCUT2D eigenvalue weighted by Crippen LogP contribution is -1.96. The SMILES string of the molecule is N#Cc1cc2ccc(-n3c4ccccc4c4c(-c5cccc6c7ccccc7n(-c7ccccc7)c56)cccc43)cc2c2ccccc12. The highest BCUT2D eigenvalue weighted by atomic mass is 15.0.